The van der Waals surface area contributed by atoms with Gasteiger partial charge in [0.15, 0.2) is 25.2 Å². The molecule has 0 aromatic carbocycles. The van der Waals surface area contributed by atoms with Crippen molar-refractivity contribution < 1.29 is 125 Å². The van der Waals surface area contributed by atoms with Gasteiger partial charge in [-0.25, -0.2) is 4.89 Å². The van der Waals surface area contributed by atoms with E-state index in [1.165, 1.54) is 0 Å². The summed E-state index contributed by atoms with van der Waals surface area (Å²) in [6, 6.07) is 0. The molecular formula is C53H90O25. The third-order valence-corrected chi connectivity index (χ3v) is 20.5. The van der Waals surface area contributed by atoms with Gasteiger partial charge in [0.2, 0.25) is 0 Å². The molecule has 4 aliphatic heterocycles. The normalized spacial score (nSPS) is 52.6. The fraction of sp³-hybridized carbons (Fsp3) is 0.962. The van der Waals surface area contributed by atoms with E-state index in [1.807, 2.05) is 20.8 Å². The summed E-state index contributed by atoms with van der Waals surface area (Å²) in [5.41, 5.74) is -4.94. The van der Waals surface area contributed by atoms with Gasteiger partial charge in [-0.3, -0.25) is 5.26 Å². The summed E-state index contributed by atoms with van der Waals surface area (Å²) in [7, 11) is 0. The molecule has 4 aliphatic carbocycles. The van der Waals surface area contributed by atoms with Crippen LogP contribution in [0.1, 0.15) is 100 Å². The summed E-state index contributed by atoms with van der Waals surface area (Å²) in [6.45, 7) is 13.3. The average molecular weight is 1130 g/mol. The van der Waals surface area contributed by atoms with Crippen LogP contribution in [0.25, 0.3) is 0 Å². The van der Waals surface area contributed by atoms with Crippen LogP contribution >= 0.6 is 0 Å². The summed E-state index contributed by atoms with van der Waals surface area (Å²) in [6.07, 6.45) is -27.6. The Balaban J connectivity index is 1.04. The maximum atomic E-state index is 12.8. The van der Waals surface area contributed by atoms with Crippen molar-refractivity contribution in [3.05, 3.63) is 12.2 Å². The van der Waals surface area contributed by atoms with Crippen LogP contribution in [-0.2, 0) is 42.8 Å². The maximum absolute atomic E-state index is 12.8. The molecule has 25 nitrogen and oxygen atoms in total. The predicted molar refractivity (Wildman–Crippen MR) is 264 cm³/mol. The largest absolute Gasteiger partial charge is 0.394 e. The highest BCUT2D eigenvalue weighted by atomic mass is 17.1. The minimum Gasteiger partial charge on any atom is -0.394 e. The molecule has 8 rings (SSSR count). The Kier molecular flexibility index (Phi) is 18.8. The van der Waals surface area contributed by atoms with Gasteiger partial charge in [0.1, 0.15) is 97.2 Å². The van der Waals surface area contributed by atoms with Crippen LogP contribution in [-0.4, -0.2) is 255 Å². The molecule has 25 heteroatoms. The van der Waals surface area contributed by atoms with Crippen LogP contribution in [0.15, 0.2) is 12.2 Å². The minimum atomic E-state index is -1.88. The van der Waals surface area contributed by atoms with E-state index < -0.39 is 200 Å². The van der Waals surface area contributed by atoms with Crippen molar-refractivity contribution in [1.29, 1.82) is 0 Å². The topological polar surface area (TPSA) is 407 Å². The highest BCUT2D eigenvalue weighted by molar-refractivity contribution is 5.22. The highest BCUT2D eigenvalue weighted by Crippen LogP contribution is 2.76. The zero-order chi connectivity index (χ0) is 57.6. The van der Waals surface area contributed by atoms with E-state index in [1.54, 1.807) is 26.0 Å². The first-order valence-electron chi connectivity index (χ1n) is 27.6. The van der Waals surface area contributed by atoms with Gasteiger partial charge in [0, 0.05) is 0 Å². The third kappa shape index (κ3) is 10.9. The third-order valence-electron chi connectivity index (χ3n) is 20.5. The van der Waals surface area contributed by atoms with Gasteiger partial charge >= 0.3 is 0 Å². The molecule has 0 radical (unpaired) electrons. The first-order chi connectivity index (χ1) is 36.4. The molecule has 0 aromatic heterocycles. The Bertz CT molecular complexity index is 2040. The molecule has 16 N–H and O–H groups in total. The van der Waals surface area contributed by atoms with E-state index in [0.717, 1.165) is 0 Å². The van der Waals surface area contributed by atoms with Crippen molar-refractivity contribution in [1.82, 2.24) is 0 Å². The number of aliphatic hydroxyl groups excluding tert-OH is 15. The van der Waals surface area contributed by atoms with Crippen LogP contribution in [0.5, 0.6) is 0 Å². The van der Waals surface area contributed by atoms with E-state index in [4.69, 9.17) is 42.8 Å². The summed E-state index contributed by atoms with van der Waals surface area (Å²) in [4.78, 5) is 4.69. The Morgan fingerprint density at radius 2 is 1.14 bits per heavy atom. The molecular weight excluding hydrogens is 1040 g/mol. The molecule has 30 atom stereocenters. The average Bonchev–Trinajstić information content (AvgIpc) is 3.88. The van der Waals surface area contributed by atoms with Crippen LogP contribution in [0.2, 0.25) is 0 Å². The Morgan fingerprint density at radius 1 is 0.577 bits per heavy atom. The monoisotopic (exact) mass is 1130 g/mol. The van der Waals surface area contributed by atoms with E-state index in [-0.39, 0.29) is 31.3 Å². The Hall–Kier alpha value is -1.26. The number of ether oxygens (including phenoxy) is 8. The summed E-state index contributed by atoms with van der Waals surface area (Å²) >= 11 is 0. The van der Waals surface area contributed by atoms with Gasteiger partial charge in [-0.05, 0) is 111 Å². The molecule has 4 saturated carbocycles. The van der Waals surface area contributed by atoms with Crippen LogP contribution in [0.4, 0.5) is 0 Å². The van der Waals surface area contributed by atoms with Crippen molar-refractivity contribution in [3.8, 4) is 0 Å². The molecule has 4 saturated heterocycles. The van der Waals surface area contributed by atoms with Crippen LogP contribution in [0.3, 0.4) is 0 Å². The lowest BCUT2D eigenvalue weighted by Gasteiger charge is -2.71. The number of fused-ring (bicyclic) bond motifs is 5. The fourth-order valence-corrected chi connectivity index (χ4v) is 16.1. The van der Waals surface area contributed by atoms with Crippen molar-refractivity contribution in [3.63, 3.8) is 0 Å². The molecule has 0 amide bonds. The molecule has 78 heavy (non-hydrogen) atoms. The first kappa shape index (κ1) is 62.8. The molecule has 0 aromatic rings. The van der Waals surface area contributed by atoms with Crippen LogP contribution < -0.4 is 0 Å². The van der Waals surface area contributed by atoms with Gasteiger partial charge in [-0.1, -0.05) is 46.8 Å². The van der Waals surface area contributed by atoms with Crippen molar-refractivity contribution in [2.24, 2.45) is 45.3 Å². The summed E-state index contributed by atoms with van der Waals surface area (Å²) < 4.78 is 48.3. The molecule has 8 aliphatic rings. The van der Waals surface area contributed by atoms with E-state index in [0.29, 0.717) is 32.1 Å². The van der Waals surface area contributed by atoms with Gasteiger partial charge in [-0.15, -0.1) is 0 Å². The van der Waals surface area contributed by atoms with E-state index in [9.17, 15) is 81.9 Å². The highest BCUT2D eigenvalue weighted by Gasteiger charge is 2.73. The number of rotatable bonds is 16. The van der Waals surface area contributed by atoms with E-state index >= 15 is 0 Å². The van der Waals surface area contributed by atoms with Crippen LogP contribution in [0, 0.1) is 45.3 Å². The molecule has 8 fully saturated rings. The van der Waals surface area contributed by atoms with Gasteiger partial charge in [0.05, 0.1) is 50.3 Å². The zero-order valence-electron chi connectivity index (χ0n) is 45.8. The van der Waals surface area contributed by atoms with Crippen molar-refractivity contribution in [2.75, 3.05) is 26.4 Å². The second kappa shape index (κ2) is 23.3. The summed E-state index contributed by atoms with van der Waals surface area (Å²) in [5, 5.41) is 174. The lowest BCUT2D eigenvalue weighted by molar-refractivity contribution is -0.383. The lowest BCUT2D eigenvalue weighted by Crippen LogP contribution is -2.70. The lowest BCUT2D eigenvalue weighted by atomic mass is 9.35. The molecule has 452 valence electrons. The Labute approximate surface area is 454 Å². The quantitative estimate of drug-likeness (QED) is 0.0315. The SMILES string of the molecule is CC(C)(/C=C/CC(C)(O[C@@H]1O[C@H](CO[C@@H]2OC[C@@H](O)[C@H](O)[C@H]2O)[C@@H](O)[C@H](O)[C@H]1O)[C@H]1CC[C@]2(C)C1[C@H](O)CC1[C@@]3(C)C[C@@H](O)[C@H](O[C@@H]4O[C@H](CO)[C@@H](O)[C@H](O)[C@H]4O[C@@H]4O[C@H](CO)[C@@H](O)[C@H](O)[C@H]4O)C(C)(C)C3CC[C@]12C)OO. The molecule has 0 spiro atoms. The van der Waals surface area contributed by atoms with Crippen molar-refractivity contribution >= 4 is 0 Å². The standard InChI is InChI=1S/C53H90O25/c1-48(2,78-69)12-9-13-53(8,77-46-41(68)37(64)35(62)28(74-46)21-71-44-39(66)32(59)25(58)20-70-44)22-10-14-52(7)31(22)23(56)16-30-50(5)17-24(57)43(49(3,4)29(50)11-15-51(30,52)6)76-47-42(38(65)34(61)27(19-55)73-47)75-45-40(67)36(63)33(60)26(18-54)72-45/h9,12,22-47,54-69H,10-11,13-21H2,1-8H3/b12-9+/t22-,23+,24+,25+,26+,27+,28+,29?,30?,31?,32-,33+,34+,35+,36-,37-,38-,39+,40+,41+,42+,43-,44-,45-,46-,47-,50-,51+,52+,53?/m0/s1. The van der Waals surface area contributed by atoms with Gasteiger partial charge in [0.25, 0.3) is 0 Å². The molecule has 0 bridgehead atoms. The van der Waals surface area contributed by atoms with E-state index in [2.05, 4.69) is 20.8 Å². The minimum absolute atomic E-state index is 0.133. The number of hydrogen-bond donors (Lipinski definition) is 16. The first-order valence-corrected chi connectivity index (χ1v) is 27.6. The predicted octanol–water partition coefficient (Wildman–Crippen LogP) is -3.12. The zero-order valence-corrected chi connectivity index (χ0v) is 45.8. The fourth-order valence-electron chi connectivity index (χ4n) is 16.1. The van der Waals surface area contributed by atoms with Gasteiger partial charge in [-0.2, -0.15) is 0 Å². The van der Waals surface area contributed by atoms with Crippen molar-refractivity contribution in [2.45, 2.75) is 247 Å². The van der Waals surface area contributed by atoms with Gasteiger partial charge < -0.3 is 114 Å². The maximum Gasteiger partial charge on any atom is 0.187 e. The summed E-state index contributed by atoms with van der Waals surface area (Å²) in [5.74, 6) is -1.20. The molecule has 4 heterocycles. The number of aliphatic hydroxyl groups is 15. The number of hydrogen-bond acceptors (Lipinski definition) is 25. The Morgan fingerprint density at radius 3 is 1.77 bits per heavy atom. The second-order valence-electron chi connectivity index (χ2n) is 25.9. The second-order valence-corrected chi connectivity index (χ2v) is 25.9. The molecule has 4 unspecified atom stereocenters. The smallest absolute Gasteiger partial charge is 0.187 e.